The maximum Gasteiger partial charge on any atom is 0.348 e. The molecule has 0 atom stereocenters. The summed E-state index contributed by atoms with van der Waals surface area (Å²) in [5, 5.41) is 8.85. The average molecular weight is 216 g/mol. The van der Waals surface area contributed by atoms with E-state index in [2.05, 4.69) is 9.72 Å². The number of carbonyl (C=O) groups is 1. The first-order chi connectivity index (χ1) is 7.69. The number of rotatable bonds is 3. The summed E-state index contributed by atoms with van der Waals surface area (Å²) in [4.78, 5) is 15.2. The summed E-state index contributed by atoms with van der Waals surface area (Å²) in [6.07, 6.45) is 3.89. The molecule has 4 nitrogen and oxygen atoms in total. The molecular formula is C12H12N2O2. The molecule has 0 fully saturated rings. The minimum absolute atomic E-state index is 0.0688. The Bertz CT molecular complexity index is 444. The predicted octanol–water partition coefficient (Wildman–Crippen LogP) is 1.64. The van der Waals surface area contributed by atoms with Gasteiger partial charge in [-0.2, -0.15) is 5.26 Å². The van der Waals surface area contributed by atoms with Crippen LogP contribution in [0.1, 0.15) is 12.5 Å². The number of nitrogens with zero attached hydrogens (tertiary/aromatic N) is 2. The summed E-state index contributed by atoms with van der Waals surface area (Å²) < 4.78 is 4.53. The molecule has 0 aliphatic rings. The van der Waals surface area contributed by atoms with Crippen LogP contribution < -0.4 is 0 Å². The number of carbonyl (C=O) groups excluding carboxylic acids is 1. The maximum absolute atomic E-state index is 11.3. The number of allylic oxidation sites excluding steroid dienone is 1. The molecule has 0 spiro atoms. The molecule has 1 aromatic heterocycles. The third-order valence-corrected chi connectivity index (χ3v) is 2.15. The Labute approximate surface area is 94.2 Å². The van der Waals surface area contributed by atoms with Crippen LogP contribution >= 0.6 is 0 Å². The molecule has 0 amide bonds. The number of hydrogen-bond acceptors (Lipinski definition) is 4. The highest BCUT2D eigenvalue weighted by Crippen LogP contribution is 2.11. The van der Waals surface area contributed by atoms with Gasteiger partial charge in [0.05, 0.1) is 7.11 Å². The number of hydrogen-bond donors (Lipinski definition) is 0. The number of methoxy groups -OCH3 is 1. The molecule has 0 aromatic carbocycles. The fourth-order valence-electron chi connectivity index (χ4n) is 1.31. The topological polar surface area (TPSA) is 63.0 Å². The Balaban J connectivity index is 2.92. The number of nitriles is 1. The average Bonchev–Trinajstić information content (AvgIpc) is 2.31. The standard InChI is InChI=1S/C12H12N2O2/c1-9(11(8-13)12(15)16-2)7-10-3-5-14-6-4-10/h3-6H,7H2,1-2H3/b11-9+. The van der Waals surface area contributed by atoms with Crippen molar-refractivity contribution >= 4 is 5.97 Å². The molecular weight excluding hydrogens is 204 g/mol. The van der Waals surface area contributed by atoms with Crippen molar-refractivity contribution in [1.82, 2.24) is 4.98 Å². The van der Waals surface area contributed by atoms with Gasteiger partial charge in [0.2, 0.25) is 0 Å². The number of aromatic nitrogens is 1. The Hall–Kier alpha value is -2.15. The predicted molar refractivity (Wildman–Crippen MR) is 58.3 cm³/mol. The molecule has 0 bridgehead atoms. The van der Waals surface area contributed by atoms with Gasteiger partial charge in [0.25, 0.3) is 0 Å². The monoisotopic (exact) mass is 216 g/mol. The van der Waals surface area contributed by atoms with Crippen molar-refractivity contribution in [2.24, 2.45) is 0 Å². The molecule has 1 aromatic rings. The van der Waals surface area contributed by atoms with Crippen molar-refractivity contribution in [2.75, 3.05) is 7.11 Å². The lowest BCUT2D eigenvalue weighted by atomic mass is 10.0. The quantitative estimate of drug-likeness (QED) is 0.437. The van der Waals surface area contributed by atoms with Crippen molar-refractivity contribution in [3.8, 4) is 6.07 Å². The van der Waals surface area contributed by atoms with Crippen molar-refractivity contribution in [3.05, 3.63) is 41.2 Å². The van der Waals surface area contributed by atoms with Crippen molar-refractivity contribution in [1.29, 1.82) is 5.26 Å². The normalized spacial score (nSPS) is 11.3. The van der Waals surface area contributed by atoms with Gasteiger partial charge in [0.15, 0.2) is 0 Å². The van der Waals surface area contributed by atoms with Gasteiger partial charge < -0.3 is 4.74 Å². The fraction of sp³-hybridized carbons (Fsp3) is 0.250. The molecule has 0 aliphatic carbocycles. The molecule has 0 radical (unpaired) electrons. The summed E-state index contributed by atoms with van der Waals surface area (Å²) in [5.74, 6) is -0.589. The van der Waals surface area contributed by atoms with Gasteiger partial charge in [-0.1, -0.05) is 0 Å². The second-order valence-electron chi connectivity index (χ2n) is 3.29. The van der Waals surface area contributed by atoms with Crippen LogP contribution in [-0.4, -0.2) is 18.1 Å². The Morgan fingerprint density at radius 3 is 2.62 bits per heavy atom. The molecule has 0 unspecified atom stereocenters. The lowest BCUT2D eigenvalue weighted by Crippen LogP contribution is -2.06. The van der Waals surface area contributed by atoms with E-state index in [0.29, 0.717) is 12.0 Å². The first kappa shape index (κ1) is 11.9. The molecule has 1 rings (SSSR count). The lowest BCUT2D eigenvalue weighted by molar-refractivity contribution is -0.135. The summed E-state index contributed by atoms with van der Waals surface area (Å²) in [6.45, 7) is 1.75. The smallest absolute Gasteiger partial charge is 0.348 e. The lowest BCUT2D eigenvalue weighted by Gasteiger charge is -2.04. The van der Waals surface area contributed by atoms with Crippen molar-refractivity contribution in [2.45, 2.75) is 13.3 Å². The van der Waals surface area contributed by atoms with Gasteiger partial charge in [-0.25, -0.2) is 4.79 Å². The van der Waals surface area contributed by atoms with Crippen molar-refractivity contribution < 1.29 is 9.53 Å². The molecule has 1 heterocycles. The fourth-order valence-corrected chi connectivity index (χ4v) is 1.31. The zero-order valence-corrected chi connectivity index (χ0v) is 9.23. The first-order valence-electron chi connectivity index (χ1n) is 4.76. The molecule has 0 saturated carbocycles. The van der Waals surface area contributed by atoms with Crippen LogP contribution in [0.2, 0.25) is 0 Å². The van der Waals surface area contributed by atoms with E-state index < -0.39 is 5.97 Å². The van der Waals surface area contributed by atoms with Crippen LogP contribution in [0.3, 0.4) is 0 Å². The summed E-state index contributed by atoms with van der Waals surface area (Å²) in [7, 11) is 1.26. The minimum atomic E-state index is -0.589. The largest absolute Gasteiger partial charge is 0.465 e. The Kier molecular flexibility index (Phi) is 4.22. The highest BCUT2D eigenvalue weighted by Gasteiger charge is 2.12. The number of esters is 1. The zero-order valence-electron chi connectivity index (χ0n) is 9.23. The zero-order chi connectivity index (χ0) is 12.0. The van der Waals surface area contributed by atoms with Crippen LogP contribution in [-0.2, 0) is 16.0 Å². The van der Waals surface area contributed by atoms with E-state index in [-0.39, 0.29) is 5.57 Å². The molecule has 82 valence electrons. The van der Waals surface area contributed by atoms with E-state index >= 15 is 0 Å². The summed E-state index contributed by atoms with van der Waals surface area (Å²) >= 11 is 0. The van der Waals surface area contributed by atoms with Crippen LogP contribution in [0.15, 0.2) is 35.7 Å². The van der Waals surface area contributed by atoms with E-state index in [0.717, 1.165) is 5.56 Å². The van der Waals surface area contributed by atoms with Gasteiger partial charge in [0.1, 0.15) is 11.6 Å². The van der Waals surface area contributed by atoms with Gasteiger partial charge in [-0.15, -0.1) is 0 Å². The summed E-state index contributed by atoms with van der Waals surface area (Å²) in [6, 6.07) is 5.55. The SMILES string of the molecule is COC(=O)/C(C#N)=C(\C)Cc1ccncc1. The Morgan fingerprint density at radius 1 is 1.50 bits per heavy atom. The highest BCUT2D eigenvalue weighted by molar-refractivity contribution is 5.93. The van der Waals surface area contributed by atoms with Crippen LogP contribution in [0.4, 0.5) is 0 Å². The highest BCUT2D eigenvalue weighted by atomic mass is 16.5. The van der Waals surface area contributed by atoms with Gasteiger partial charge in [0, 0.05) is 12.4 Å². The van der Waals surface area contributed by atoms with Crippen LogP contribution in [0.25, 0.3) is 0 Å². The van der Waals surface area contributed by atoms with E-state index in [4.69, 9.17) is 5.26 Å². The minimum Gasteiger partial charge on any atom is -0.465 e. The van der Waals surface area contributed by atoms with E-state index in [1.807, 2.05) is 18.2 Å². The molecule has 0 aliphatic heterocycles. The third kappa shape index (κ3) is 2.92. The third-order valence-electron chi connectivity index (χ3n) is 2.15. The summed E-state index contributed by atoms with van der Waals surface area (Å²) in [5.41, 5.74) is 1.77. The molecule has 4 heteroatoms. The van der Waals surface area contributed by atoms with Crippen LogP contribution in [0, 0.1) is 11.3 Å². The van der Waals surface area contributed by atoms with Gasteiger partial charge in [-0.05, 0) is 36.6 Å². The maximum atomic E-state index is 11.3. The van der Waals surface area contributed by atoms with Gasteiger partial charge >= 0.3 is 5.97 Å². The molecule has 16 heavy (non-hydrogen) atoms. The second kappa shape index (κ2) is 5.66. The van der Waals surface area contributed by atoms with E-state index in [9.17, 15) is 4.79 Å². The van der Waals surface area contributed by atoms with E-state index in [1.54, 1.807) is 19.3 Å². The first-order valence-corrected chi connectivity index (χ1v) is 4.76. The van der Waals surface area contributed by atoms with Gasteiger partial charge in [-0.3, -0.25) is 4.98 Å². The van der Waals surface area contributed by atoms with E-state index in [1.165, 1.54) is 7.11 Å². The Morgan fingerprint density at radius 2 is 2.12 bits per heavy atom. The second-order valence-corrected chi connectivity index (χ2v) is 3.29. The number of pyridine rings is 1. The number of ether oxygens (including phenoxy) is 1. The molecule has 0 N–H and O–H groups in total. The van der Waals surface area contributed by atoms with Crippen molar-refractivity contribution in [3.63, 3.8) is 0 Å². The molecule has 0 saturated heterocycles. The van der Waals surface area contributed by atoms with Crippen LogP contribution in [0.5, 0.6) is 0 Å².